The fourth-order valence-electron chi connectivity index (χ4n) is 9.63. The molecular weight excluding hydrogens is 753 g/mol. The number of imidazole rings is 1. The molecule has 1 amide bonds. The van der Waals surface area contributed by atoms with Gasteiger partial charge in [0.05, 0.1) is 30.2 Å². The van der Waals surface area contributed by atoms with E-state index in [0.29, 0.717) is 25.8 Å². The van der Waals surface area contributed by atoms with E-state index in [1.54, 1.807) is 52.0 Å². The summed E-state index contributed by atoms with van der Waals surface area (Å²) in [5, 5.41) is 11.4. The van der Waals surface area contributed by atoms with Crippen LogP contribution in [-0.2, 0) is 44.6 Å². The fraction of sp³-hybridized carbons (Fsp3) is 0.762. The number of aryl methyl sites for hydroxylation is 1. The Bertz CT molecular complexity index is 1790. The van der Waals surface area contributed by atoms with Crippen molar-refractivity contribution >= 4 is 34.8 Å². The summed E-state index contributed by atoms with van der Waals surface area (Å²) in [6.07, 6.45) is -0.572. The first kappa shape index (κ1) is 45.5. The highest BCUT2D eigenvalue weighted by molar-refractivity contribution is 6.08. The Kier molecular flexibility index (Phi) is 14.1. The monoisotopic (exact) mass is 817 g/mol. The van der Waals surface area contributed by atoms with E-state index in [1.807, 2.05) is 42.6 Å². The predicted octanol–water partition coefficient (Wildman–Crippen LogP) is 4.90. The number of carbonyl (C=O) groups is 4. The van der Waals surface area contributed by atoms with Gasteiger partial charge in [-0.3, -0.25) is 9.59 Å². The Morgan fingerprint density at radius 3 is 2.36 bits per heavy atom. The van der Waals surface area contributed by atoms with Crippen LogP contribution < -0.4 is 0 Å². The Morgan fingerprint density at radius 2 is 1.72 bits per heavy atom. The molecule has 1 N–H and O–H groups in total. The minimum Gasteiger partial charge on any atom is -0.455 e. The van der Waals surface area contributed by atoms with Gasteiger partial charge in [0.15, 0.2) is 23.3 Å². The van der Waals surface area contributed by atoms with Crippen LogP contribution in [0.15, 0.2) is 24.7 Å². The van der Waals surface area contributed by atoms with Gasteiger partial charge in [-0.05, 0) is 85.5 Å². The summed E-state index contributed by atoms with van der Waals surface area (Å²) in [6, 6.07) is 2.44. The maximum Gasteiger partial charge on any atom is 0.410 e. The number of fused-ring (bicyclic) bond motifs is 2. The van der Waals surface area contributed by atoms with Crippen molar-refractivity contribution < 1.29 is 52.4 Å². The normalized spacial score (nSPS) is 38.1. The minimum absolute atomic E-state index is 0.00262. The number of hydrogen-bond donors (Lipinski definition) is 1. The number of aliphatic hydroxyl groups is 1. The molecule has 3 aliphatic heterocycles. The van der Waals surface area contributed by atoms with Gasteiger partial charge in [0.2, 0.25) is 0 Å². The van der Waals surface area contributed by atoms with Gasteiger partial charge in [-0.2, -0.15) is 0 Å². The number of Topliss-reactive ketones (excluding diaryl/α,β-unsaturated/α-hetero) is 2. The number of ether oxygens (including phenoxy) is 5. The maximum absolute atomic E-state index is 17.0. The number of aromatic nitrogens is 3. The zero-order valence-corrected chi connectivity index (χ0v) is 36.0. The van der Waals surface area contributed by atoms with Crippen LogP contribution >= 0.6 is 0 Å². The lowest BCUT2D eigenvalue weighted by Crippen LogP contribution is -2.62. The molecule has 0 spiro atoms. The van der Waals surface area contributed by atoms with E-state index >= 15 is 4.39 Å². The van der Waals surface area contributed by atoms with Crippen molar-refractivity contribution in [3.8, 4) is 0 Å². The van der Waals surface area contributed by atoms with E-state index in [-0.39, 0.29) is 43.7 Å². The number of methoxy groups -OCH3 is 1. The molecule has 15 nitrogen and oxygen atoms in total. The third kappa shape index (κ3) is 8.54. The number of hydrogen-bond acceptors (Lipinski definition) is 13. The highest BCUT2D eigenvalue weighted by atomic mass is 19.1. The number of halogens is 1. The van der Waals surface area contributed by atoms with E-state index in [1.165, 1.54) is 14.0 Å². The molecule has 13 atom stereocenters. The molecule has 5 heterocycles. The van der Waals surface area contributed by atoms with E-state index < -0.39 is 83.1 Å². The number of pyridine rings is 1. The highest BCUT2D eigenvalue weighted by Crippen LogP contribution is 2.45. The number of aliphatic hydroxyl groups excluding tert-OH is 1. The van der Waals surface area contributed by atoms with Gasteiger partial charge in [0.1, 0.15) is 23.5 Å². The fourth-order valence-corrected chi connectivity index (χ4v) is 9.63. The van der Waals surface area contributed by atoms with E-state index in [9.17, 15) is 24.3 Å². The van der Waals surface area contributed by atoms with Crippen molar-refractivity contribution in [2.75, 3.05) is 27.7 Å². The number of nitrogens with zero attached hydrogens (tertiary/aromatic N) is 5. The Morgan fingerprint density at radius 1 is 1.03 bits per heavy atom. The number of amides is 1. The van der Waals surface area contributed by atoms with Gasteiger partial charge >= 0.3 is 12.1 Å². The molecule has 2 aromatic heterocycles. The van der Waals surface area contributed by atoms with Crippen LogP contribution in [0.3, 0.4) is 0 Å². The Balaban J connectivity index is 1.51. The summed E-state index contributed by atoms with van der Waals surface area (Å²) in [6.45, 7) is 13.6. The van der Waals surface area contributed by atoms with Gasteiger partial charge < -0.3 is 43.2 Å². The zero-order chi connectivity index (χ0) is 42.9. The van der Waals surface area contributed by atoms with E-state index in [4.69, 9.17) is 23.7 Å². The first-order valence-corrected chi connectivity index (χ1v) is 20.7. The summed E-state index contributed by atoms with van der Waals surface area (Å²) in [4.78, 5) is 69.3. The van der Waals surface area contributed by atoms with Crippen LogP contribution in [0.25, 0.3) is 11.2 Å². The van der Waals surface area contributed by atoms with Crippen LogP contribution in [-0.4, -0.2) is 140 Å². The van der Waals surface area contributed by atoms with Crippen LogP contribution in [0.4, 0.5) is 9.18 Å². The Hall–Kier alpha value is -3.57. The van der Waals surface area contributed by atoms with Crippen molar-refractivity contribution in [3.63, 3.8) is 0 Å². The maximum atomic E-state index is 17.0. The molecule has 2 aromatic rings. The van der Waals surface area contributed by atoms with Gasteiger partial charge in [-0.1, -0.05) is 34.6 Å². The number of unbranched alkanes of at least 4 members (excludes halogenated alkanes) is 1. The molecule has 0 bridgehead atoms. The van der Waals surface area contributed by atoms with Crippen LogP contribution in [0.5, 0.6) is 0 Å². The average Bonchev–Trinajstić information content (AvgIpc) is 3.74. The second-order valence-electron chi connectivity index (χ2n) is 17.2. The Labute approximate surface area is 341 Å². The average molecular weight is 818 g/mol. The van der Waals surface area contributed by atoms with Crippen molar-refractivity contribution in [2.45, 2.75) is 160 Å². The number of cyclic esters (lactones) is 1. The molecule has 0 radical (unpaired) electrons. The number of alkyl halides is 1. The standard InChI is InChI=1S/C42H64FN5O10/c1-12-30-42(13-2)33(48(39(53)58-42)20-15-14-19-47-23-45-28-17-16-18-44-36(28)47)26(5)31(49)24(3)22-40(7,54-11)35(27(6)34(51)41(8,43)38(52)56-30)57-37-32(50)29(46(9)10)21-25(4)55-37/h16-18,23-27,29-30,32-33,35,37,50H,12-15,19-22H2,1-11H3/t24-,25-,26+,27+,29+,30-,32-,33-,35-,37?,40-,41+,42-/m1/s1. The van der Waals surface area contributed by atoms with E-state index in [0.717, 1.165) is 18.1 Å². The molecule has 0 saturated carbocycles. The molecule has 0 aliphatic carbocycles. The lowest BCUT2D eigenvalue weighted by atomic mass is 9.72. The molecule has 5 rings (SSSR count). The first-order valence-electron chi connectivity index (χ1n) is 20.7. The lowest BCUT2D eigenvalue weighted by molar-refractivity contribution is -0.295. The number of ketones is 2. The third-order valence-corrected chi connectivity index (χ3v) is 12.9. The van der Waals surface area contributed by atoms with Crippen LogP contribution in [0.1, 0.15) is 93.9 Å². The summed E-state index contributed by atoms with van der Waals surface area (Å²) < 4.78 is 49.7. The molecule has 3 aliphatic rings. The number of esters is 1. The summed E-state index contributed by atoms with van der Waals surface area (Å²) >= 11 is 0. The zero-order valence-electron chi connectivity index (χ0n) is 36.0. The minimum atomic E-state index is -3.18. The molecular formula is C42H64FN5O10. The molecule has 58 heavy (non-hydrogen) atoms. The second kappa shape index (κ2) is 18.0. The summed E-state index contributed by atoms with van der Waals surface area (Å²) in [7, 11) is 5.06. The quantitative estimate of drug-likeness (QED) is 0.185. The summed E-state index contributed by atoms with van der Waals surface area (Å²) in [5.74, 6) is -5.75. The SMILES string of the molecule is CC[C@H]1OC(=O)[C@@](C)(F)C(=O)[C@H](C)[C@@H](OC2O[C@H](C)C[C@H](N(C)C)[C@H]2O)[C@](C)(OC)C[C@@H](C)C(=O)[C@H](C)[C@H]2N(CCCCn3cnc4cccnc43)C(=O)O[C@]12CC. The first-order chi connectivity index (χ1) is 27.3. The van der Waals surface area contributed by atoms with Gasteiger partial charge in [-0.25, -0.2) is 23.9 Å². The number of carbonyl (C=O) groups excluding carboxylic acids is 4. The smallest absolute Gasteiger partial charge is 0.410 e. The lowest BCUT2D eigenvalue weighted by Gasteiger charge is -2.47. The van der Waals surface area contributed by atoms with E-state index in [2.05, 4.69) is 9.97 Å². The highest BCUT2D eigenvalue weighted by Gasteiger charge is 2.63. The van der Waals surface area contributed by atoms with Gasteiger partial charge in [-0.15, -0.1) is 0 Å². The third-order valence-electron chi connectivity index (χ3n) is 12.9. The summed E-state index contributed by atoms with van der Waals surface area (Å²) in [5.41, 5.74) is -4.65. The molecule has 3 saturated heterocycles. The number of likely N-dealkylation sites (N-methyl/N-ethyl adjacent to an activating group) is 1. The van der Waals surface area contributed by atoms with Crippen molar-refractivity contribution in [1.29, 1.82) is 0 Å². The van der Waals surface area contributed by atoms with Crippen LogP contribution in [0.2, 0.25) is 0 Å². The van der Waals surface area contributed by atoms with Crippen molar-refractivity contribution in [3.05, 3.63) is 24.7 Å². The number of rotatable bonds is 11. The second-order valence-corrected chi connectivity index (χ2v) is 17.2. The molecule has 16 heteroatoms. The topological polar surface area (TPSA) is 172 Å². The van der Waals surface area contributed by atoms with Gasteiger partial charge in [0, 0.05) is 50.2 Å². The predicted molar refractivity (Wildman–Crippen MR) is 211 cm³/mol. The van der Waals surface area contributed by atoms with Crippen LogP contribution in [0, 0.1) is 17.8 Å². The largest absolute Gasteiger partial charge is 0.455 e. The van der Waals surface area contributed by atoms with Gasteiger partial charge in [0.25, 0.3) is 5.67 Å². The van der Waals surface area contributed by atoms with Crippen molar-refractivity contribution in [2.24, 2.45) is 17.8 Å². The molecule has 3 fully saturated rings. The molecule has 324 valence electrons. The molecule has 1 unspecified atom stereocenters. The molecule has 0 aromatic carbocycles. The van der Waals surface area contributed by atoms with Crippen molar-refractivity contribution in [1.82, 2.24) is 24.3 Å².